The number of carbonyl (C=O) groups excluding carboxylic acids is 1. The van der Waals surface area contributed by atoms with E-state index >= 15 is 0 Å². The molecule has 0 bridgehead atoms. The Morgan fingerprint density at radius 2 is 1.72 bits per heavy atom. The Bertz CT molecular complexity index is 1680. The van der Waals surface area contributed by atoms with Crippen LogP contribution in [-0.2, 0) is 17.8 Å². The lowest BCUT2D eigenvalue weighted by Crippen LogP contribution is -2.37. The van der Waals surface area contributed by atoms with E-state index in [1.54, 1.807) is 10.6 Å². The molecule has 180 valence electrons. The van der Waals surface area contributed by atoms with Crippen molar-refractivity contribution in [2.45, 2.75) is 32.0 Å². The molecule has 6 nitrogen and oxygen atoms in total. The Morgan fingerprint density at radius 3 is 2.53 bits per heavy atom. The van der Waals surface area contributed by atoms with Crippen LogP contribution in [0.15, 0.2) is 76.7 Å². The standard InChI is InChI=1S/C29H26N4O2S/c1-18-13-19(2)15-20(14-18)33-28(35)22-8-4-6-10-25(22)31-29(33)36-17-27(34)32-12-11-26-23(16-32)21-7-3-5-9-24(21)30-26/h3-10,13-15,30H,11-12,16-17H2,1-2H3. The number of aromatic amines is 1. The van der Waals surface area contributed by atoms with Gasteiger partial charge in [0.2, 0.25) is 5.91 Å². The van der Waals surface area contributed by atoms with Gasteiger partial charge in [0.05, 0.1) is 22.3 Å². The highest BCUT2D eigenvalue weighted by molar-refractivity contribution is 7.99. The lowest BCUT2D eigenvalue weighted by molar-refractivity contribution is -0.129. The number of hydrogen-bond donors (Lipinski definition) is 1. The Kier molecular flexibility index (Phi) is 5.64. The molecule has 3 heterocycles. The average molecular weight is 495 g/mol. The van der Waals surface area contributed by atoms with E-state index in [-0.39, 0.29) is 17.2 Å². The molecule has 0 unspecified atom stereocenters. The van der Waals surface area contributed by atoms with Gasteiger partial charge in [-0.25, -0.2) is 4.98 Å². The van der Waals surface area contributed by atoms with Gasteiger partial charge in [-0.15, -0.1) is 0 Å². The summed E-state index contributed by atoms with van der Waals surface area (Å²) in [5.74, 6) is 0.262. The van der Waals surface area contributed by atoms with E-state index in [1.807, 2.05) is 61.2 Å². The van der Waals surface area contributed by atoms with Crippen LogP contribution in [0.3, 0.4) is 0 Å². The van der Waals surface area contributed by atoms with Gasteiger partial charge in [-0.1, -0.05) is 48.2 Å². The summed E-state index contributed by atoms with van der Waals surface area (Å²) in [6.07, 6.45) is 0.807. The zero-order chi connectivity index (χ0) is 24.8. The zero-order valence-corrected chi connectivity index (χ0v) is 21.1. The topological polar surface area (TPSA) is 71.0 Å². The molecule has 0 saturated heterocycles. The molecule has 1 N–H and O–H groups in total. The molecule has 0 aliphatic carbocycles. The molecule has 0 radical (unpaired) electrons. The van der Waals surface area contributed by atoms with Crippen LogP contribution in [0.25, 0.3) is 27.5 Å². The molecule has 6 rings (SSSR count). The Balaban J connectivity index is 1.32. The van der Waals surface area contributed by atoms with Gasteiger partial charge in [-0.3, -0.25) is 14.2 Å². The molecular weight excluding hydrogens is 468 g/mol. The minimum absolute atomic E-state index is 0.0466. The van der Waals surface area contributed by atoms with Crippen LogP contribution >= 0.6 is 11.8 Å². The largest absolute Gasteiger partial charge is 0.358 e. The number of H-pyrrole nitrogens is 1. The van der Waals surface area contributed by atoms with Crippen molar-refractivity contribution in [1.82, 2.24) is 19.4 Å². The zero-order valence-electron chi connectivity index (χ0n) is 20.2. The SMILES string of the molecule is Cc1cc(C)cc(-n2c(SCC(=O)N3CCc4[nH]c5ccccc5c4C3)nc3ccccc3c2=O)c1. The average Bonchev–Trinajstić information content (AvgIpc) is 3.24. The maximum atomic E-state index is 13.6. The normalized spacial score (nSPS) is 13.3. The molecule has 0 fully saturated rings. The number of nitrogens with zero attached hydrogens (tertiary/aromatic N) is 3. The molecule has 0 spiro atoms. The van der Waals surface area contributed by atoms with Crippen LogP contribution in [0.2, 0.25) is 0 Å². The van der Waals surface area contributed by atoms with Crippen molar-refractivity contribution in [2.24, 2.45) is 0 Å². The van der Waals surface area contributed by atoms with Gasteiger partial charge in [0.1, 0.15) is 0 Å². The Morgan fingerprint density at radius 1 is 1.00 bits per heavy atom. The second kappa shape index (κ2) is 8.99. The van der Waals surface area contributed by atoms with E-state index in [9.17, 15) is 9.59 Å². The summed E-state index contributed by atoms with van der Waals surface area (Å²) in [6.45, 7) is 5.30. The molecule has 0 saturated carbocycles. The third kappa shape index (κ3) is 3.99. The number of carbonyl (C=O) groups is 1. The van der Waals surface area contributed by atoms with Crippen molar-refractivity contribution in [1.29, 1.82) is 0 Å². The number of para-hydroxylation sites is 2. The summed E-state index contributed by atoms with van der Waals surface area (Å²) in [4.78, 5) is 37.1. The molecule has 3 aromatic carbocycles. The number of aromatic nitrogens is 3. The van der Waals surface area contributed by atoms with E-state index in [1.165, 1.54) is 28.4 Å². The van der Waals surface area contributed by atoms with Crippen LogP contribution in [0.4, 0.5) is 0 Å². The molecule has 0 atom stereocenters. The summed E-state index contributed by atoms with van der Waals surface area (Å²) in [5.41, 5.74) is 6.95. The number of nitrogens with one attached hydrogen (secondary N) is 1. The van der Waals surface area contributed by atoms with Crippen molar-refractivity contribution < 1.29 is 4.79 Å². The second-order valence-corrected chi connectivity index (χ2v) is 10.3. The summed E-state index contributed by atoms with van der Waals surface area (Å²) < 4.78 is 1.65. The second-order valence-electron chi connectivity index (χ2n) is 9.38. The van der Waals surface area contributed by atoms with Crippen LogP contribution in [0.5, 0.6) is 0 Å². The predicted octanol–water partition coefficient (Wildman–Crippen LogP) is 5.16. The molecular formula is C29H26N4O2S. The van der Waals surface area contributed by atoms with Crippen LogP contribution in [-0.4, -0.2) is 37.6 Å². The number of thioether (sulfide) groups is 1. The Hall–Kier alpha value is -3.84. The van der Waals surface area contributed by atoms with Crippen molar-refractivity contribution in [3.63, 3.8) is 0 Å². The third-order valence-corrected chi connectivity index (χ3v) is 7.69. The van der Waals surface area contributed by atoms with E-state index in [0.717, 1.165) is 28.8 Å². The fourth-order valence-corrected chi connectivity index (χ4v) is 6.03. The molecule has 36 heavy (non-hydrogen) atoms. The van der Waals surface area contributed by atoms with Crippen molar-refractivity contribution in [3.05, 3.63) is 99.5 Å². The molecule has 1 aliphatic rings. The highest BCUT2D eigenvalue weighted by Gasteiger charge is 2.24. The third-order valence-electron chi connectivity index (χ3n) is 6.77. The minimum atomic E-state index is -0.123. The van der Waals surface area contributed by atoms with E-state index in [2.05, 4.69) is 23.2 Å². The molecule has 7 heteroatoms. The maximum absolute atomic E-state index is 13.6. The fraction of sp³-hybridized carbons (Fsp3) is 0.207. The number of rotatable bonds is 4. The first-order valence-corrected chi connectivity index (χ1v) is 13.1. The van der Waals surface area contributed by atoms with Crippen molar-refractivity contribution >= 4 is 39.5 Å². The van der Waals surface area contributed by atoms with Gasteiger partial charge >= 0.3 is 0 Å². The smallest absolute Gasteiger partial charge is 0.266 e. The number of amides is 1. The van der Waals surface area contributed by atoms with E-state index < -0.39 is 0 Å². The molecule has 5 aromatic rings. The fourth-order valence-electron chi connectivity index (χ4n) is 5.11. The lowest BCUT2D eigenvalue weighted by atomic mass is 10.0. The number of hydrogen-bond acceptors (Lipinski definition) is 4. The van der Waals surface area contributed by atoms with Gasteiger partial charge in [-0.2, -0.15) is 0 Å². The van der Waals surface area contributed by atoms with Gasteiger partial charge in [0.25, 0.3) is 5.56 Å². The quantitative estimate of drug-likeness (QED) is 0.277. The van der Waals surface area contributed by atoms with Crippen molar-refractivity contribution in [3.8, 4) is 5.69 Å². The van der Waals surface area contributed by atoms with E-state index in [0.29, 0.717) is 29.1 Å². The maximum Gasteiger partial charge on any atom is 0.266 e. The molecule has 1 amide bonds. The number of fused-ring (bicyclic) bond motifs is 4. The predicted molar refractivity (Wildman–Crippen MR) is 145 cm³/mol. The molecule has 2 aromatic heterocycles. The highest BCUT2D eigenvalue weighted by atomic mass is 32.2. The summed E-state index contributed by atoms with van der Waals surface area (Å²) in [7, 11) is 0. The Labute approximate surface area is 213 Å². The van der Waals surface area contributed by atoms with Gasteiger partial charge < -0.3 is 9.88 Å². The first-order valence-electron chi connectivity index (χ1n) is 12.1. The van der Waals surface area contributed by atoms with Crippen LogP contribution in [0.1, 0.15) is 22.4 Å². The van der Waals surface area contributed by atoms with Crippen molar-refractivity contribution in [2.75, 3.05) is 12.3 Å². The lowest BCUT2D eigenvalue weighted by Gasteiger charge is -2.27. The summed E-state index contributed by atoms with van der Waals surface area (Å²) in [5, 5.41) is 2.27. The van der Waals surface area contributed by atoms with Crippen LogP contribution < -0.4 is 5.56 Å². The van der Waals surface area contributed by atoms with Crippen LogP contribution in [0, 0.1) is 13.8 Å². The first-order chi connectivity index (χ1) is 17.5. The summed E-state index contributed by atoms with van der Waals surface area (Å²) in [6, 6.07) is 21.7. The highest BCUT2D eigenvalue weighted by Crippen LogP contribution is 2.29. The van der Waals surface area contributed by atoms with Gasteiger partial charge in [0.15, 0.2) is 5.16 Å². The van der Waals surface area contributed by atoms with Gasteiger partial charge in [0, 0.05) is 41.7 Å². The molecule has 1 aliphatic heterocycles. The number of benzene rings is 3. The van der Waals surface area contributed by atoms with Gasteiger partial charge in [-0.05, 0) is 55.3 Å². The monoisotopic (exact) mass is 494 g/mol. The van der Waals surface area contributed by atoms with E-state index in [4.69, 9.17) is 4.98 Å². The summed E-state index contributed by atoms with van der Waals surface area (Å²) >= 11 is 1.32. The number of aryl methyl sites for hydroxylation is 2. The minimum Gasteiger partial charge on any atom is -0.358 e. The first kappa shape index (κ1) is 22.6.